The smallest absolute Gasteiger partial charge is 0.323 e. The molecule has 8 heteroatoms. The summed E-state index contributed by atoms with van der Waals surface area (Å²) >= 11 is 0. The molecule has 100 valence electrons. The summed E-state index contributed by atoms with van der Waals surface area (Å²) in [5, 5.41) is 0. The topological polar surface area (TPSA) is 84.9 Å². The van der Waals surface area contributed by atoms with Gasteiger partial charge in [0.1, 0.15) is 6.04 Å². The monoisotopic (exact) mass is 266 g/mol. The highest BCUT2D eigenvalue weighted by Gasteiger charge is 2.28. The molecule has 0 spiro atoms. The molecule has 0 aromatic rings. The van der Waals surface area contributed by atoms with E-state index in [4.69, 9.17) is 9.47 Å². The second-order valence-corrected chi connectivity index (χ2v) is 5.31. The Kier molecular flexibility index (Phi) is 5.31. The SMILES string of the molecule is CCOC(=O)C(C)NS(=O)(=O)N1CCOCC1. The van der Waals surface area contributed by atoms with E-state index in [0.717, 1.165) is 0 Å². The van der Waals surface area contributed by atoms with Crippen LogP contribution in [0.25, 0.3) is 0 Å². The first-order valence-electron chi connectivity index (χ1n) is 5.49. The third-order valence-electron chi connectivity index (χ3n) is 2.28. The lowest BCUT2D eigenvalue weighted by molar-refractivity contribution is -0.144. The maximum atomic E-state index is 11.9. The third-order valence-corrected chi connectivity index (χ3v) is 3.97. The highest BCUT2D eigenvalue weighted by atomic mass is 32.2. The van der Waals surface area contributed by atoms with E-state index in [-0.39, 0.29) is 6.61 Å². The average molecular weight is 266 g/mol. The van der Waals surface area contributed by atoms with Crippen LogP contribution >= 0.6 is 0 Å². The number of hydrogen-bond acceptors (Lipinski definition) is 5. The lowest BCUT2D eigenvalue weighted by Gasteiger charge is -2.27. The maximum Gasteiger partial charge on any atom is 0.323 e. The van der Waals surface area contributed by atoms with Gasteiger partial charge in [0.25, 0.3) is 10.2 Å². The summed E-state index contributed by atoms with van der Waals surface area (Å²) in [4.78, 5) is 11.3. The molecule has 0 aliphatic carbocycles. The van der Waals surface area contributed by atoms with Gasteiger partial charge in [0.15, 0.2) is 0 Å². The van der Waals surface area contributed by atoms with E-state index in [1.807, 2.05) is 0 Å². The van der Waals surface area contributed by atoms with E-state index in [0.29, 0.717) is 26.3 Å². The molecule has 1 fully saturated rings. The van der Waals surface area contributed by atoms with Crippen LogP contribution in [-0.4, -0.2) is 57.6 Å². The molecule has 0 bridgehead atoms. The Balaban J connectivity index is 2.56. The fourth-order valence-corrected chi connectivity index (χ4v) is 2.72. The van der Waals surface area contributed by atoms with Crippen LogP contribution in [0, 0.1) is 0 Å². The third kappa shape index (κ3) is 4.23. The number of esters is 1. The lowest BCUT2D eigenvalue weighted by Crippen LogP contribution is -2.50. The minimum absolute atomic E-state index is 0.225. The summed E-state index contributed by atoms with van der Waals surface area (Å²) in [6.45, 7) is 4.68. The zero-order valence-electron chi connectivity index (χ0n) is 10.0. The molecule has 0 aromatic carbocycles. The van der Waals surface area contributed by atoms with Crippen LogP contribution in [0.3, 0.4) is 0 Å². The second-order valence-electron chi connectivity index (χ2n) is 3.61. The molecule has 1 rings (SSSR count). The van der Waals surface area contributed by atoms with Crippen molar-refractivity contribution in [2.24, 2.45) is 0 Å². The fourth-order valence-electron chi connectivity index (χ4n) is 1.40. The Morgan fingerprint density at radius 2 is 2.06 bits per heavy atom. The molecule has 0 aromatic heterocycles. The Hall–Kier alpha value is -0.700. The number of carbonyl (C=O) groups excluding carboxylic acids is 1. The molecule has 0 radical (unpaired) electrons. The van der Waals surface area contributed by atoms with E-state index in [9.17, 15) is 13.2 Å². The Morgan fingerprint density at radius 3 is 2.59 bits per heavy atom. The number of nitrogens with one attached hydrogen (secondary N) is 1. The summed E-state index contributed by atoms with van der Waals surface area (Å²) in [6, 6.07) is -0.886. The zero-order valence-corrected chi connectivity index (χ0v) is 10.8. The van der Waals surface area contributed by atoms with Crippen LogP contribution in [0.5, 0.6) is 0 Å². The van der Waals surface area contributed by atoms with Crippen LogP contribution in [0.15, 0.2) is 0 Å². The highest BCUT2D eigenvalue weighted by molar-refractivity contribution is 7.87. The van der Waals surface area contributed by atoms with Crippen molar-refractivity contribution < 1.29 is 22.7 Å². The van der Waals surface area contributed by atoms with Gasteiger partial charge in [-0.15, -0.1) is 0 Å². The quantitative estimate of drug-likeness (QED) is 0.652. The summed E-state index contributed by atoms with van der Waals surface area (Å²) in [5.41, 5.74) is 0. The number of carbonyl (C=O) groups is 1. The van der Waals surface area contributed by atoms with Crippen molar-refractivity contribution >= 4 is 16.2 Å². The predicted molar refractivity (Wildman–Crippen MR) is 60.5 cm³/mol. The van der Waals surface area contributed by atoms with Crippen molar-refractivity contribution in [3.63, 3.8) is 0 Å². The maximum absolute atomic E-state index is 11.9. The largest absolute Gasteiger partial charge is 0.465 e. The van der Waals surface area contributed by atoms with Gasteiger partial charge in [0.05, 0.1) is 19.8 Å². The van der Waals surface area contributed by atoms with Gasteiger partial charge in [-0.2, -0.15) is 17.4 Å². The molecule has 17 heavy (non-hydrogen) atoms. The van der Waals surface area contributed by atoms with Crippen LogP contribution < -0.4 is 4.72 Å². The number of ether oxygens (including phenoxy) is 2. The predicted octanol–water partition coefficient (Wildman–Crippen LogP) is -0.895. The molecule has 1 aliphatic rings. The normalized spacial score (nSPS) is 19.9. The van der Waals surface area contributed by atoms with Gasteiger partial charge >= 0.3 is 5.97 Å². The van der Waals surface area contributed by atoms with E-state index in [2.05, 4.69) is 4.72 Å². The Morgan fingerprint density at radius 1 is 1.47 bits per heavy atom. The molecule has 1 atom stereocenters. The summed E-state index contributed by atoms with van der Waals surface area (Å²) < 4.78 is 37.0. The number of nitrogens with zero attached hydrogens (tertiary/aromatic N) is 1. The van der Waals surface area contributed by atoms with Gasteiger partial charge in [0, 0.05) is 13.1 Å². The first kappa shape index (κ1) is 14.4. The highest BCUT2D eigenvalue weighted by Crippen LogP contribution is 2.04. The minimum Gasteiger partial charge on any atom is -0.465 e. The van der Waals surface area contributed by atoms with Crippen LogP contribution in [-0.2, 0) is 24.5 Å². The molecular formula is C9H18N2O5S. The average Bonchev–Trinajstić information content (AvgIpc) is 2.30. The van der Waals surface area contributed by atoms with E-state index in [1.165, 1.54) is 11.2 Å². The molecule has 0 saturated carbocycles. The molecule has 7 nitrogen and oxygen atoms in total. The van der Waals surface area contributed by atoms with E-state index >= 15 is 0 Å². The fraction of sp³-hybridized carbons (Fsp3) is 0.889. The molecule has 0 amide bonds. The lowest BCUT2D eigenvalue weighted by atomic mass is 10.4. The molecular weight excluding hydrogens is 248 g/mol. The van der Waals surface area contributed by atoms with Crippen molar-refractivity contribution in [3.05, 3.63) is 0 Å². The first-order chi connectivity index (χ1) is 7.97. The number of morpholine rings is 1. The summed E-state index contributed by atoms with van der Waals surface area (Å²) in [5.74, 6) is -0.579. The van der Waals surface area contributed by atoms with Crippen molar-refractivity contribution in [1.29, 1.82) is 0 Å². The number of hydrogen-bond donors (Lipinski definition) is 1. The van der Waals surface area contributed by atoms with Gasteiger partial charge in [-0.05, 0) is 13.8 Å². The molecule has 1 unspecified atom stereocenters. The molecule has 1 saturated heterocycles. The van der Waals surface area contributed by atoms with Gasteiger partial charge in [-0.25, -0.2) is 0 Å². The van der Waals surface area contributed by atoms with Gasteiger partial charge in [-0.1, -0.05) is 0 Å². The van der Waals surface area contributed by atoms with Crippen molar-refractivity contribution in [1.82, 2.24) is 9.03 Å². The Labute approximate surface area is 101 Å². The standard InChI is InChI=1S/C9H18N2O5S/c1-3-16-9(12)8(2)10-17(13,14)11-4-6-15-7-5-11/h8,10H,3-7H2,1-2H3. The molecule has 1 heterocycles. The first-order valence-corrected chi connectivity index (χ1v) is 6.93. The van der Waals surface area contributed by atoms with Gasteiger partial charge in [-0.3, -0.25) is 4.79 Å². The van der Waals surface area contributed by atoms with Crippen molar-refractivity contribution in [3.8, 4) is 0 Å². The van der Waals surface area contributed by atoms with Gasteiger partial charge in [0.2, 0.25) is 0 Å². The van der Waals surface area contributed by atoms with E-state index in [1.54, 1.807) is 6.92 Å². The molecule has 1 N–H and O–H groups in total. The van der Waals surface area contributed by atoms with E-state index < -0.39 is 22.2 Å². The zero-order chi connectivity index (χ0) is 12.9. The summed E-state index contributed by atoms with van der Waals surface area (Å²) in [7, 11) is -3.64. The summed E-state index contributed by atoms with van der Waals surface area (Å²) in [6.07, 6.45) is 0. The van der Waals surface area contributed by atoms with Crippen LogP contribution in [0.1, 0.15) is 13.8 Å². The van der Waals surface area contributed by atoms with Crippen molar-refractivity contribution in [2.75, 3.05) is 32.9 Å². The van der Waals surface area contributed by atoms with Gasteiger partial charge < -0.3 is 9.47 Å². The Bertz CT molecular complexity index is 350. The van der Waals surface area contributed by atoms with Crippen LogP contribution in [0.2, 0.25) is 0 Å². The van der Waals surface area contributed by atoms with Crippen molar-refractivity contribution in [2.45, 2.75) is 19.9 Å². The number of rotatable bonds is 5. The van der Waals surface area contributed by atoms with Crippen LogP contribution in [0.4, 0.5) is 0 Å². The minimum atomic E-state index is -3.64. The second kappa shape index (κ2) is 6.29. The molecule has 1 aliphatic heterocycles.